The molecular weight excluding hydrogens is 668 g/mol. The summed E-state index contributed by atoms with van der Waals surface area (Å²) < 4.78 is 0. The fourth-order valence-electron chi connectivity index (χ4n) is 4.63. The van der Waals surface area contributed by atoms with Gasteiger partial charge in [0.15, 0.2) is 5.96 Å². The fourth-order valence-corrected chi connectivity index (χ4v) is 4.63. The minimum atomic E-state index is -1.67. The minimum absolute atomic E-state index is 0.0292. The van der Waals surface area contributed by atoms with E-state index in [9.17, 15) is 43.8 Å². The maximum Gasteiger partial charge on any atom is 0.326 e. The van der Waals surface area contributed by atoms with Crippen LogP contribution in [0.25, 0.3) is 0 Å². The average Bonchev–Trinajstić information content (AvgIpc) is 3.04. The van der Waals surface area contributed by atoms with Gasteiger partial charge in [-0.15, -0.1) is 0 Å². The molecule has 0 heterocycles. The Kier molecular flexibility index (Phi) is 18.0. The lowest BCUT2D eigenvalue weighted by molar-refractivity contribution is -0.144. The van der Waals surface area contributed by atoms with Gasteiger partial charge in [0.1, 0.15) is 35.7 Å². The molecule has 15 N–H and O–H groups in total. The number of nitrogens with one attached hydrogen (secondary N) is 5. The molecule has 0 saturated carbocycles. The molecule has 0 aromatic heterocycles. The van der Waals surface area contributed by atoms with Crippen LogP contribution in [0.2, 0.25) is 0 Å². The molecule has 0 aliphatic carbocycles. The summed E-state index contributed by atoms with van der Waals surface area (Å²) in [7, 11) is 0. The zero-order valence-corrected chi connectivity index (χ0v) is 29.3. The first-order valence-corrected chi connectivity index (χ1v) is 16.3. The second-order valence-corrected chi connectivity index (χ2v) is 12.9. The molecule has 19 nitrogen and oxygen atoms in total. The van der Waals surface area contributed by atoms with Crippen molar-refractivity contribution in [2.24, 2.45) is 33.8 Å². The summed E-state index contributed by atoms with van der Waals surface area (Å²) in [5, 5.41) is 31.2. The number of carbonyl (C=O) groups excluding carboxylic acids is 6. The first-order valence-electron chi connectivity index (χ1n) is 16.3. The van der Waals surface area contributed by atoms with Crippen LogP contribution in [0.5, 0.6) is 0 Å². The minimum Gasteiger partial charge on any atom is -0.480 e. The Labute approximate surface area is 296 Å². The van der Waals surface area contributed by atoms with Crippen LogP contribution in [0.3, 0.4) is 0 Å². The molecule has 0 aliphatic heterocycles. The van der Waals surface area contributed by atoms with Crippen molar-refractivity contribution in [2.45, 2.75) is 95.5 Å². The molecule has 0 unspecified atom stereocenters. The number of guanidine groups is 1. The first-order chi connectivity index (χ1) is 23.8. The van der Waals surface area contributed by atoms with Gasteiger partial charge in [-0.2, -0.15) is 0 Å². The maximum atomic E-state index is 13.6. The highest BCUT2D eigenvalue weighted by Gasteiger charge is 2.37. The molecule has 6 amide bonds. The molecule has 19 heteroatoms. The van der Waals surface area contributed by atoms with Crippen molar-refractivity contribution < 1.29 is 43.8 Å². The van der Waals surface area contributed by atoms with Crippen LogP contribution in [-0.2, 0) is 40.0 Å². The number of benzene rings is 1. The number of nitrogens with zero attached hydrogens (tertiary/aromatic N) is 1. The molecule has 0 saturated heterocycles. The number of hydrogen-bond donors (Lipinski definition) is 11. The monoisotopic (exact) mass is 720 g/mol. The number of carboxylic acid groups (broad SMARTS) is 1. The van der Waals surface area contributed by atoms with E-state index in [1.54, 1.807) is 44.2 Å². The molecule has 0 fully saturated rings. The van der Waals surface area contributed by atoms with Crippen LogP contribution in [-0.4, -0.2) is 106 Å². The number of hydrogen-bond acceptors (Lipinski definition) is 10. The lowest BCUT2D eigenvalue weighted by atomic mass is 9.98. The van der Waals surface area contributed by atoms with Gasteiger partial charge in [0.2, 0.25) is 35.4 Å². The van der Waals surface area contributed by atoms with Gasteiger partial charge in [-0.25, -0.2) is 4.79 Å². The topological polar surface area (TPSA) is 337 Å². The van der Waals surface area contributed by atoms with Gasteiger partial charge >= 0.3 is 5.97 Å². The van der Waals surface area contributed by atoms with Crippen molar-refractivity contribution >= 4 is 47.4 Å². The van der Waals surface area contributed by atoms with Crippen molar-refractivity contribution in [3.63, 3.8) is 0 Å². The van der Waals surface area contributed by atoms with Gasteiger partial charge in [0.25, 0.3) is 0 Å². The summed E-state index contributed by atoms with van der Waals surface area (Å²) in [5.41, 5.74) is 20.5. The van der Waals surface area contributed by atoms with Crippen molar-refractivity contribution in [3.05, 3.63) is 35.9 Å². The first kappa shape index (κ1) is 43.7. The maximum absolute atomic E-state index is 13.6. The molecule has 1 aromatic carbocycles. The number of amides is 6. The number of primary amides is 1. The van der Waals surface area contributed by atoms with Gasteiger partial charge in [-0.3, -0.25) is 33.8 Å². The summed E-state index contributed by atoms with van der Waals surface area (Å²) in [6.45, 7) is 5.75. The highest BCUT2D eigenvalue weighted by Crippen LogP contribution is 2.12. The fraction of sp³-hybridized carbons (Fsp3) is 0.562. The standard InChI is InChI=1S/C32H52N10O9/c1-17(2)13-21(27(47)38-20(11-8-12-37-31(35)36)26(46)40-23(29(49)50)15-24(34)44)41-30(51)32(3,4)42-28(48)22(39-25(45)19(33)16-43)14-18-9-6-5-7-10-18/h5-7,9-10,17,19-23,43H,8,11-16,33H2,1-4H3,(H2,34,44)(H,38,47)(H,39,45)(H,40,46)(H,41,51)(H,42,48)(H,49,50)(H4,35,36,37)/t19-,20-,21-,22-,23-/m0/s1. The molecule has 1 rings (SSSR count). The number of aliphatic carboxylic acids is 1. The quantitative estimate of drug-likeness (QED) is 0.0315. The number of aliphatic hydroxyl groups excluding tert-OH is 1. The lowest BCUT2D eigenvalue weighted by Crippen LogP contribution is -2.63. The van der Waals surface area contributed by atoms with Crippen molar-refractivity contribution in [1.82, 2.24) is 26.6 Å². The largest absolute Gasteiger partial charge is 0.480 e. The van der Waals surface area contributed by atoms with Crippen LogP contribution in [0.15, 0.2) is 35.3 Å². The van der Waals surface area contributed by atoms with Crippen molar-refractivity contribution in [3.8, 4) is 0 Å². The molecule has 1 aromatic rings. The van der Waals surface area contributed by atoms with E-state index < -0.39 is 90.2 Å². The number of nitrogens with two attached hydrogens (primary N) is 4. The summed E-state index contributed by atoms with van der Waals surface area (Å²) in [4.78, 5) is 93.2. The number of rotatable bonds is 22. The lowest BCUT2D eigenvalue weighted by Gasteiger charge is -2.31. The van der Waals surface area contributed by atoms with Crippen LogP contribution in [0.4, 0.5) is 0 Å². The van der Waals surface area contributed by atoms with Crippen molar-refractivity contribution in [1.29, 1.82) is 0 Å². The van der Waals surface area contributed by atoms with Gasteiger partial charge in [-0.1, -0.05) is 44.2 Å². The molecule has 284 valence electrons. The summed E-state index contributed by atoms with van der Waals surface area (Å²) in [6.07, 6.45) is -0.465. The molecule has 0 spiro atoms. The van der Waals surface area contributed by atoms with E-state index >= 15 is 0 Å². The highest BCUT2D eigenvalue weighted by molar-refractivity contribution is 5.98. The van der Waals surface area contributed by atoms with E-state index in [2.05, 4.69) is 31.6 Å². The Balaban J connectivity index is 3.23. The Morgan fingerprint density at radius 3 is 1.90 bits per heavy atom. The van der Waals surface area contributed by atoms with Gasteiger partial charge in [-0.05, 0) is 44.6 Å². The Bertz CT molecular complexity index is 1400. The number of carboxylic acids is 1. The summed E-state index contributed by atoms with van der Waals surface area (Å²) >= 11 is 0. The molecular formula is C32H52N10O9. The second kappa shape index (κ2) is 21.0. The molecule has 0 radical (unpaired) electrons. The van der Waals surface area contributed by atoms with E-state index in [0.717, 1.165) is 0 Å². The average molecular weight is 721 g/mol. The zero-order valence-electron chi connectivity index (χ0n) is 29.3. The second-order valence-electron chi connectivity index (χ2n) is 12.9. The van der Waals surface area contributed by atoms with Gasteiger partial charge in [0, 0.05) is 13.0 Å². The molecule has 51 heavy (non-hydrogen) atoms. The van der Waals surface area contributed by atoms with Crippen LogP contribution in [0.1, 0.15) is 58.9 Å². The number of aliphatic imine (C=N–C) groups is 1. The van der Waals surface area contributed by atoms with Gasteiger partial charge < -0.3 is 59.7 Å². The van der Waals surface area contributed by atoms with Crippen LogP contribution >= 0.6 is 0 Å². The van der Waals surface area contributed by atoms with Crippen molar-refractivity contribution in [2.75, 3.05) is 13.2 Å². The Morgan fingerprint density at radius 1 is 0.804 bits per heavy atom. The molecule has 0 bridgehead atoms. The number of aliphatic hydroxyl groups is 1. The summed E-state index contributed by atoms with van der Waals surface area (Å²) in [6, 6.07) is 2.00. The predicted octanol–water partition coefficient (Wildman–Crippen LogP) is -3.56. The smallest absolute Gasteiger partial charge is 0.326 e. The van der Waals surface area contributed by atoms with E-state index in [1.165, 1.54) is 13.8 Å². The van der Waals surface area contributed by atoms with E-state index in [0.29, 0.717) is 5.56 Å². The zero-order chi connectivity index (χ0) is 38.9. The third-order valence-corrected chi connectivity index (χ3v) is 7.38. The van der Waals surface area contributed by atoms with E-state index in [4.69, 9.17) is 22.9 Å². The Morgan fingerprint density at radius 2 is 1.37 bits per heavy atom. The van der Waals surface area contributed by atoms with Crippen LogP contribution in [0, 0.1) is 5.92 Å². The van der Waals surface area contributed by atoms with Crippen LogP contribution < -0.4 is 49.5 Å². The number of carbonyl (C=O) groups is 7. The Hall–Kier alpha value is -5.30. The highest BCUT2D eigenvalue weighted by atomic mass is 16.4. The SMILES string of the molecule is CC(C)C[C@H](NC(=O)C(C)(C)NC(=O)[C@H](Cc1ccccc1)NC(=O)[C@@H](N)CO)C(=O)N[C@@H](CCCN=C(N)N)C(=O)N[C@@H](CC(N)=O)C(=O)O. The third kappa shape index (κ3) is 16.3. The summed E-state index contributed by atoms with van der Waals surface area (Å²) in [5.74, 6) is -6.90. The van der Waals surface area contributed by atoms with E-state index in [-0.39, 0.29) is 44.1 Å². The molecule has 0 aliphatic rings. The molecule has 5 atom stereocenters. The predicted molar refractivity (Wildman–Crippen MR) is 186 cm³/mol. The van der Waals surface area contributed by atoms with E-state index in [1.807, 2.05) is 0 Å². The van der Waals surface area contributed by atoms with Gasteiger partial charge in [0.05, 0.1) is 13.0 Å². The third-order valence-electron chi connectivity index (χ3n) is 7.38. The normalized spacial score (nSPS) is 14.1.